The van der Waals surface area contributed by atoms with E-state index in [0.29, 0.717) is 0 Å². The van der Waals surface area contributed by atoms with Crippen LogP contribution in [-0.2, 0) is 12.8 Å². The number of hydrogen-bond acceptors (Lipinski definition) is 2. The molecule has 0 spiro atoms. The second-order valence-corrected chi connectivity index (χ2v) is 4.04. The molecule has 3 N–H and O–H groups in total. The van der Waals surface area contributed by atoms with E-state index < -0.39 is 0 Å². The van der Waals surface area contributed by atoms with Crippen LogP contribution in [0.1, 0.15) is 17.5 Å². The van der Waals surface area contributed by atoms with E-state index in [1.54, 1.807) is 0 Å². The Hall–Kier alpha value is -1.42. The Kier molecular flexibility index (Phi) is 2.97. The molecular weight excluding hydrogens is 206 g/mol. The lowest BCUT2D eigenvalue weighted by atomic mass is 9.90. The molecule has 1 aromatic rings. The van der Waals surface area contributed by atoms with Crippen molar-refractivity contribution in [2.24, 2.45) is 10.8 Å². The van der Waals surface area contributed by atoms with Gasteiger partial charge in [0.25, 0.3) is 0 Å². The Labute approximate surface area is 94.4 Å². The number of benzene rings is 1. The summed E-state index contributed by atoms with van der Waals surface area (Å²) in [5, 5.41) is 4.41. The SMILES string of the molecule is NC(=S)N/N=C1/CCc2ccccc2C1. The molecule has 1 aromatic carbocycles. The second-order valence-electron chi connectivity index (χ2n) is 3.60. The Balaban J connectivity index is 2.12. The van der Waals surface area contributed by atoms with Gasteiger partial charge in [0.05, 0.1) is 0 Å². The third kappa shape index (κ3) is 2.53. The zero-order valence-electron chi connectivity index (χ0n) is 8.36. The van der Waals surface area contributed by atoms with E-state index in [2.05, 4.69) is 34.8 Å². The van der Waals surface area contributed by atoms with E-state index in [-0.39, 0.29) is 5.11 Å². The van der Waals surface area contributed by atoms with E-state index in [9.17, 15) is 0 Å². The normalized spacial score (nSPS) is 17.2. The Morgan fingerprint density at radius 3 is 2.73 bits per heavy atom. The number of thiocarbonyl (C=S) groups is 1. The van der Waals surface area contributed by atoms with Crippen molar-refractivity contribution in [3.63, 3.8) is 0 Å². The van der Waals surface area contributed by atoms with Gasteiger partial charge in [0.2, 0.25) is 0 Å². The lowest BCUT2D eigenvalue weighted by molar-refractivity contribution is 0.908. The molecule has 15 heavy (non-hydrogen) atoms. The van der Waals surface area contributed by atoms with Crippen LogP contribution in [0.4, 0.5) is 0 Å². The van der Waals surface area contributed by atoms with Gasteiger partial charge >= 0.3 is 0 Å². The molecule has 0 saturated carbocycles. The number of aryl methyl sites for hydroxylation is 1. The molecule has 0 saturated heterocycles. The van der Waals surface area contributed by atoms with Gasteiger partial charge in [-0.3, -0.25) is 5.43 Å². The van der Waals surface area contributed by atoms with Crippen LogP contribution in [0.25, 0.3) is 0 Å². The smallest absolute Gasteiger partial charge is 0.184 e. The van der Waals surface area contributed by atoms with Gasteiger partial charge in [-0.05, 0) is 36.2 Å². The van der Waals surface area contributed by atoms with Crippen molar-refractivity contribution in [2.75, 3.05) is 0 Å². The highest BCUT2D eigenvalue weighted by Crippen LogP contribution is 2.18. The molecule has 0 fully saturated rings. The van der Waals surface area contributed by atoms with Crippen LogP contribution in [-0.4, -0.2) is 10.8 Å². The molecule has 0 unspecified atom stereocenters. The van der Waals surface area contributed by atoms with Crippen LogP contribution in [0, 0.1) is 0 Å². The average Bonchev–Trinajstić information content (AvgIpc) is 2.26. The quantitative estimate of drug-likeness (QED) is 0.554. The minimum Gasteiger partial charge on any atom is -0.375 e. The molecule has 0 aliphatic heterocycles. The minimum absolute atomic E-state index is 0.223. The summed E-state index contributed by atoms with van der Waals surface area (Å²) in [5.74, 6) is 0. The van der Waals surface area contributed by atoms with Gasteiger partial charge in [0, 0.05) is 12.1 Å². The van der Waals surface area contributed by atoms with Gasteiger partial charge in [0.1, 0.15) is 0 Å². The molecule has 4 heteroatoms. The van der Waals surface area contributed by atoms with Crippen molar-refractivity contribution in [1.82, 2.24) is 5.43 Å². The maximum atomic E-state index is 5.32. The summed E-state index contributed by atoms with van der Waals surface area (Å²) in [6.07, 6.45) is 2.92. The standard InChI is InChI=1S/C11H13N3S/c12-11(15)14-13-10-6-5-8-3-1-2-4-9(8)7-10/h1-4H,5-7H2,(H3,12,14,15)/b13-10-. The summed E-state index contributed by atoms with van der Waals surface area (Å²) in [7, 11) is 0. The first-order valence-corrected chi connectivity index (χ1v) is 5.34. The number of hydrazone groups is 1. The summed E-state index contributed by atoms with van der Waals surface area (Å²) < 4.78 is 0. The molecular formula is C11H13N3S. The fraction of sp³-hybridized carbons (Fsp3) is 0.273. The maximum Gasteiger partial charge on any atom is 0.184 e. The Morgan fingerprint density at radius 2 is 2.00 bits per heavy atom. The summed E-state index contributed by atoms with van der Waals surface area (Å²) in [6, 6.07) is 8.45. The molecule has 2 rings (SSSR count). The highest BCUT2D eigenvalue weighted by atomic mass is 32.1. The van der Waals surface area contributed by atoms with E-state index in [1.165, 1.54) is 11.1 Å². The topological polar surface area (TPSA) is 50.4 Å². The number of hydrogen-bond donors (Lipinski definition) is 2. The molecule has 0 heterocycles. The van der Waals surface area contributed by atoms with Gasteiger partial charge < -0.3 is 5.73 Å². The van der Waals surface area contributed by atoms with Gasteiger partial charge in [-0.15, -0.1) is 0 Å². The Morgan fingerprint density at radius 1 is 1.27 bits per heavy atom. The largest absolute Gasteiger partial charge is 0.375 e. The molecule has 1 aliphatic carbocycles. The van der Waals surface area contributed by atoms with E-state index >= 15 is 0 Å². The predicted molar refractivity (Wildman–Crippen MR) is 65.8 cm³/mol. The van der Waals surface area contributed by atoms with E-state index in [1.807, 2.05) is 0 Å². The van der Waals surface area contributed by atoms with Crippen molar-refractivity contribution in [3.05, 3.63) is 35.4 Å². The highest BCUT2D eigenvalue weighted by Gasteiger charge is 2.13. The molecule has 0 aromatic heterocycles. The van der Waals surface area contributed by atoms with Gasteiger partial charge in [-0.2, -0.15) is 5.10 Å². The molecule has 78 valence electrons. The zero-order chi connectivity index (χ0) is 10.7. The van der Waals surface area contributed by atoms with Crippen molar-refractivity contribution < 1.29 is 0 Å². The van der Waals surface area contributed by atoms with Crippen LogP contribution in [0.15, 0.2) is 29.4 Å². The average molecular weight is 219 g/mol. The minimum atomic E-state index is 0.223. The van der Waals surface area contributed by atoms with Crippen molar-refractivity contribution in [3.8, 4) is 0 Å². The molecule has 0 atom stereocenters. The van der Waals surface area contributed by atoms with Crippen molar-refractivity contribution in [2.45, 2.75) is 19.3 Å². The van der Waals surface area contributed by atoms with Crippen LogP contribution in [0.3, 0.4) is 0 Å². The molecule has 0 amide bonds. The summed E-state index contributed by atoms with van der Waals surface area (Å²) in [6.45, 7) is 0. The number of nitrogens with two attached hydrogens (primary N) is 1. The van der Waals surface area contributed by atoms with Crippen LogP contribution < -0.4 is 11.2 Å². The monoisotopic (exact) mass is 219 g/mol. The predicted octanol–water partition coefficient (Wildman–Crippen LogP) is 1.36. The second kappa shape index (κ2) is 4.40. The number of rotatable bonds is 1. The van der Waals surface area contributed by atoms with Crippen molar-refractivity contribution in [1.29, 1.82) is 0 Å². The molecule has 1 aliphatic rings. The summed E-state index contributed by atoms with van der Waals surface area (Å²) >= 11 is 4.70. The molecule has 0 bridgehead atoms. The lowest BCUT2D eigenvalue weighted by Gasteiger charge is -2.17. The fourth-order valence-corrected chi connectivity index (χ4v) is 1.84. The first-order valence-electron chi connectivity index (χ1n) is 4.93. The maximum absolute atomic E-state index is 5.32. The van der Waals surface area contributed by atoms with E-state index in [4.69, 9.17) is 18.0 Å². The van der Waals surface area contributed by atoms with Crippen molar-refractivity contribution >= 4 is 23.0 Å². The zero-order valence-corrected chi connectivity index (χ0v) is 9.18. The first kappa shape index (κ1) is 10.1. The Bertz CT molecular complexity index is 412. The number of fused-ring (bicyclic) bond motifs is 1. The highest BCUT2D eigenvalue weighted by molar-refractivity contribution is 7.80. The lowest BCUT2D eigenvalue weighted by Crippen LogP contribution is -2.27. The number of nitrogens with zero attached hydrogens (tertiary/aromatic N) is 1. The molecule has 0 radical (unpaired) electrons. The third-order valence-electron chi connectivity index (χ3n) is 2.52. The fourth-order valence-electron chi connectivity index (χ4n) is 1.79. The van der Waals surface area contributed by atoms with Crippen LogP contribution in [0.2, 0.25) is 0 Å². The van der Waals surface area contributed by atoms with Gasteiger partial charge in [-0.25, -0.2) is 0 Å². The van der Waals surface area contributed by atoms with Gasteiger partial charge in [0.15, 0.2) is 5.11 Å². The number of nitrogens with one attached hydrogen (secondary N) is 1. The van der Waals surface area contributed by atoms with Crippen LogP contribution >= 0.6 is 12.2 Å². The summed E-state index contributed by atoms with van der Waals surface area (Å²) in [4.78, 5) is 0. The molecule has 3 nitrogen and oxygen atoms in total. The summed E-state index contributed by atoms with van der Waals surface area (Å²) in [5.41, 5.74) is 11.9. The first-order chi connectivity index (χ1) is 7.25. The van der Waals surface area contributed by atoms with E-state index in [0.717, 1.165) is 25.0 Å². The third-order valence-corrected chi connectivity index (χ3v) is 2.61. The van der Waals surface area contributed by atoms with Crippen LogP contribution in [0.5, 0.6) is 0 Å². The van der Waals surface area contributed by atoms with Gasteiger partial charge in [-0.1, -0.05) is 24.3 Å².